The third kappa shape index (κ3) is 4.49. The van der Waals surface area contributed by atoms with Crippen molar-refractivity contribution in [2.45, 2.75) is 6.54 Å². The Balaban J connectivity index is 1.54. The standard InChI is InChI=1S/C22H16BrN3O4/c23-15-3-1-2-14(10-15)13-24-16-4-6-17(7-5-16)25-20-12-22(27)30-21-9-8-18(26(28)29)11-19(20)21/h1-12,24-25H,13H2. The highest BCUT2D eigenvalue weighted by Crippen LogP contribution is 2.29. The normalized spacial score (nSPS) is 10.7. The molecule has 0 saturated carbocycles. The van der Waals surface area contributed by atoms with Crippen LogP contribution in [0.2, 0.25) is 0 Å². The number of nitro groups is 1. The van der Waals surface area contributed by atoms with Crippen LogP contribution in [0.3, 0.4) is 0 Å². The number of nitro benzene ring substituents is 1. The SMILES string of the molecule is O=c1cc(Nc2ccc(NCc3cccc(Br)c3)cc2)c2cc([N+](=O)[O-])ccc2o1. The lowest BCUT2D eigenvalue weighted by molar-refractivity contribution is -0.384. The molecule has 3 aromatic carbocycles. The van der Waals surface area contributed by atoms with Crippen molar-refractivity contribution in [1.82, 2.24) is 0 Å². The number of rotatable bonds is 6. The van der Waals surface area contributed by atoms with E-state index >= 15 is 0 Å². The van der Waals surface area contributed by atoms with Crippen LogP contribution in [0.4, 0.5) is 22.7 Å². The summed E-state index contributed by atoms with van der Waals surface area (Å²) >= 11 is 3.46. The smallest absolute Gasteiger partial charge is 0.338 e. The molecule has 1 aromatic heterocycles. The highest BCUT2D eigenvalue weighted by molar-refractivity contribution is 9.10. The van der Waals surface area contributed by atoms with Crippen LogP contribution >= 0.6 is 15.9 Å². The van der Waals surface area contributed by atoms with E-state index in [2.05, 4.69) is 26.6 Å². The molecule has 0 saturated heterocycles. The number of nitrogens with zero attached hydrogens (tertiary/aromatic N) is 1. The summed E-state index contributed by atoms with van der Waals surface area (Å²) < 4.78 is 6.17. The number of hydrogen-bond donors (Lipinski definition) is 2. The molecule has 4 rings (SSSR count). The molecular weight excluding hydrogens is 450 g/mol. The molecule has 0 unspecified atom stereocenters. The third-order valence-corrected chi connectivity index (χ3v) is 4.98. The summed E-state index contributed by atoms with van der Waals surface area (Å²) in [6.07, 6.45) is 0. The van der Waals surface area contributed by atoms with Gasteiger partial charge in [-0.05, 0) is 48.0 Å². The Morgan fingerprint density at radius 3 is 2.47 bits per heavy atom. The second-order valence-corrected chi connectivity index (χ2v) is 7.52. The van der Waals surface area contributed by atoms with Crippen LogP contribution in [-0.2, 0) is 6.54 Å². The minimum absolute atomic E-state index is 0.0773. The van der Waals surface area contributed by atoms with E-state index in [4.69, 9.17) is 4.42 Å². The van der Waals surface area contributed by atoms with Crippen molar-refractivity contribution in [2.24, 2.45) is 0 Å². The number of nitrogens with one attached hydrogen (secondary N) is 2. The predicted molar refractivity (Wildman–Crippen MR) is 120 cm³/mol. The first kappa shape index (κ1) is 19.7. The fourth-order valence-corrected chi connectivity index (χ4v) is 3.49. The first-order valence-electron chi connectivity index (χ1n) is 9.06. The van der Waals surface area contributed by atoms with Crippen LogP contribution in [0.5, 0.6) is 0 Å². The van der Waals surface area contributed by atoms with Crippen molar-refractivity contribution >= 4 is 49.6 Å². The van der Waals surface area contributed by atoms with E-state index in [0.29, 0.717) is 17.6 Å². The van der Waals surface area contributed by atoms with Gasteiger partial charge in [0.15, 0.2) is 0 Å². The van der Waals surface area contributed by atoms with Crippen LogP contribution < -0.4 is 16.3 Å². The highest BCUT2D eigenvalue weighted by Gasteiger charge is 2.12. The summed E-state index contributed by atoms with van der Waals surface area (Å²) in [4.78, 5) is 22.5. The molecule has 0 aliphatic rings. The number of halogens is 1. The van der Waals surface area contributed by atoms with E-state index < -0.39 is 10.5 Å². The maximum Gasteiger partial charge on any atom is 0.338 e. The number of hydrogen-bond acceptors (Lipinski definition) is 6. The zero-order chi connectivity index (χ0) is 21.1. The molecule has 2 N–H and O–H groups in total. The highest BCUT2D eigenvalue weighted by atomic mass is 79.9. The number of fused-ring (bicyclic) bond motifs is 1. The molecule has 4 aromatic rings. The van der Waals surface area contributed by atoms with E-state index in [1.807, 2.05) is 48.5 Å². The Kier molecular flexibility index (Phi) is 5.49. The zero-order valence-corrected chi connectivity index (χ0v) is 17.2. The van der Waals surface area contributed by atoms with Gasteiger partial charge in [-0.3, -0.25) is 10.1 Å². The zero-order valence-electron chi connectivity index (χ0n) is 15.6. The van der Waals surface area contributed by atoms with E-state index in [0.717, 1.165) is 21.4 Å². The number of non-ortho nitro benzene ring substituents is 1. The van der Waals surface area contributed by atoms with Gasteiger partial charge >= 0.3 is 5.63 Å². The largest absolute Gasteiger partial charge is 0.423 e. The predicted octanol–water partition coefficient (Wildman–Crippen LogP) is 5.82. The van der Waals surface area contributed by atoms with Crippen molar-refractivity contribution < 1.29 is 9.34 Å². The van der Waals surface area contributed by atoms with Crippen molar-refractivity contribution in [2.75, 3.05) is 10.6 Å². The number of anilines is 3. The maximum atomic E-state index is 11.9. The van der Waals surface area contributed by atoms with Crippen molar-refractivity contribution in [3.8, 4) is 0 Å². The van der Waals surface area contributed by atoms with Gasteiger partial charge in [0.25, 0.3) is 5.69 Å². The minimum atomic E-state index is -0.536. The minimum Gasteiger partial charge on any atom is -0.423 e. The van der Waals surface area contributed by atoms with Gasteiger partial charge in [-0.1, -0.05) is 28.1 Å². The van der Waals surface area contributed by atoms with Gasteiger partial charge < -0.3 is 15.1 Å². The lowest BCUT2D eigenvalue weighted by Crippen LogP contribution is -2.02. The van der Waals surface area contributed by atoms with Crippen LogP contribution in [0, 0.1) is 10.1 Å². The van der Waals surface area contributed by atoms with Crippen LogP contribution in [0.1, 0.15) is 5.56 Å². The summed E-state index contributed by atoms with van der Waals surface area (Å²) in [6.45, 7) is 0.681. The topological polar surface area (TPSA) is 97.4 Å². The molecule has 0 bridgehead atoms. The van der Waals surface area contributed by atoms with E-state index in [1.165, 1.54) is 24.3 Å². The summed E-state index contributed by atoms with van der Waals surface area (Å²) in [6, 6.07) is 21.0. The molecule has 150 valence electrons. The second kappa shape index (κ2) is 8.38. The Morgan fingerprint density at radius 2 is 1.73 bits per heavy atom. The quantitative estimate of drug-likeness (QED) is 0.211. The third-order valence-electron chi connectivity index (χ3n) is 4.49. The molecule has 0 atom stereocenters. The van der Waals surface area contributed by atoms with Crippen LogP contribution in [0.15, 0.2) is 86.5 Å². The molecule has 0 aliphatic carbocycles. The Bertz CT molecular complexity index is 1290. The van der Waals surface area contributed by atoms with E-state index in [9.17, 15) is 14.9 Å². The van der Waals surface area contributed by atoms with Crippen LogP contribution in [0.25, 0.3) is 11.0 Å². The molecule has 1 heterocycles. The van der Waals surface area contributed by atoms with Gasteiger partial charge in [-0.25, -0.2) is 4.79 Å². The molecule has 30 heavy (non-hydrogen) atoms. The molecule has 0 fully saturated rings. The van der Waals surface area contributed by atoms with Crippen molar-refractivity contribution in [3.63, 3.8) is 0 Å². The Hall–Kier alpha value is -3.65. The second-order valence-electron chi connectivity index (χ2n) is 6.60. The first-order chi connectivity index (χ1) is 14.5. The van der Waals surface area contributed by atoms with Crippen molar-refractivity contribution in [3.05, 3.63) is 103 Å². The summed E-state index contributed by atoms with van der Waals surface area (Å²) in [5.41, 5.74) is 2.94. The summed E-state index contributed by atoms with van der Waals surface area (Å²) in [5, 5.41) is 18.0. The lowest BCUT2D eigenvalue weighted by atomic mass is 10.1. The first-order valence-corrected chi connectivity index (χ1v) is 9.85. The monoisotopic (exact) mass is 465 g/mol. The van der Waals surface area contributed by atoms with Gasteiger partial charge in [-0.15, -0.1) is 0 Å². The van der Waals surface area contributed by atoms with Gasteiger partial charge in [0.1, 0.15) is 5.58 Å². The average Bonchev–Trinajstić information content (AvgIpc) is 2.73. The Morgan fingerprint density at radius 1 is 0.967 bits per heavy atom. The molecule has 0 radical (unpaired) electrons. The lowest BCUT2D eigenvalue weighted by Gasteiger charge is -2.11. The molecule has 8 heteroatoms. The molecule has 0 amide bonds. The summed E-state index contributed by atoms with van der Waals surface area (Å²) in [7, 11) is 0. The fraction of sp³-hybridized carbons (Fsp3) is 0.0455. The van der Waals surface area contributed by atoms with Gasteiger partial charge in [0, 0.05) is 46.0 Å². The van der Waals surface area contributed by atoms with E-state index in [1.54, 1.807) is 0 Å². The summed E-state index contributed by atoms with van der Waals surface area (Å²) in [5.74, 6) is 0. The molecule has 7 nitrogen and oxygen atoms in total. The molecule has 0 aliphatic heterocycles. The Labute approximate surface area is 179 Å². The van der Waals surface area contributed by atoms with Gasteiger partial charge in [0.2, 0.25) is 0 Å². The molecular formula is C22H16BrN3O4. The van der Waals surface area contributed by atoms with Gasteiger partial charge in [-0.2, -0.15) is 0 Å². The fourth-order valence-electron chi connectivity index (χ4n) is 3.05. The van der Waals surface area contributed by atoms with Gasteiger partial charge in [0.05, 0.1) is 10.6 Å². The maximum absolute atomic E-state index is 11.9. The van der Waals surface area contributed by atoms with E-state index in [-0.39, 0.29) is 11.3 Å². The van der Waals surface area contributed by atoms with Crippen LogP contribution in [-0.4, -0.2) is 4.92 Å². The molecule has 0 spiro atoms. The number of benzene rings is 3. The van der Waals surface area contributed by atoms with Crippen molar-refractivity contribution in [1.29, 1.82) is 0 Å². The average molecular weight is 466 g/mol.